The predicted molar refractivity (Wildman–Crippen MR) is 134 cm³/mol. The Morgan fingerprint density at radius 3 is 2.73 bits per heavy atom. The van der Waals surface area contributed by atoms with Crippen molar-refractivity contribution in [1.29, 1.82) is 0 Å². The number of halogens is 1. The molecule has 4 heterocycles. The van der Waals surface area contributed by atoms with Crippen molar-refractivity contribution in [3.8, 4) is 5.00 Å². The third kappa shape index (κ3) is 4.80. The molecule has 0 N–H and O–H groups in total. The molecule has 0 atom stereocenters. The van der Waals surface area contributed by atoms with Gasteiger partial charge in [-0.1, -0.05) is 49.1 Å². The maximum Gasteiger partial charge on any atom is 0.160 e. The van der Waals surface area contributed by atoms with Gasteiger partial charge in [-0.15, -0.1) is 21.5 Å². The molecule has 8 heteroatoms. The highest BCUT2D eigenvalue weighted by Gasteiger charge is 2.25. The summed E-state index contributed by atoms with van der Waals surface area (Å²) in [5, 5.41) is 10.5. The van der Waals surface area contributed by atoms with E-state index in [1.54, 1.807) is 0 Å². The lowest BCUT2D eigenvalue weighted by Crippen LogP contribution is -2.05. The van der Waals surface area contributed by atoms with Crippen molar-refractivity contribution in [2.45, 2.75) is 58.5 Å². The number of aromatic nitrogens is 5. The molecule has 0 aliphatic carbocycles. The van der Waals surface area contributed by atoms with E-state index in [0.717, 1.165) is 51.5 Å². The second-order valence-corrected chi connectivity index (χ2v) is 9.92. The van der Waals surface area contributed by atoms with E-state index in [0.29, 0.717) is 6.54 Å². The highest BCUT2D eigenvalue weighted by Crippen LogP contribution is 2.35. The summed E-state index contributed by atoms with van der Waals surface area (Å²) in [6.07, 6.45) is 13.0. The molecule has 170 valence electrons. The van der Waals surface area contributed by atoms with Crippen molar-refractivity contribution in [2.24, 2.45) is 4.99 Å². The van der Waals surface area contributed by atoms with Gasteiger partial charge in [0.05, 0.1) is 12.0 Å². The summed E-state index contributed by atoms with van der Waals surface area (Å²) in [5.74, 6) is 1.77. The van der Waals surface area contributed by atoms with Gasteiger partial charge in [0.2, 0.25) is 0 Å². The quantitative estimate of drug-likeness (QED) is 0.276. The van der Waals surface area contributed by atoms with E-state index in [2.05, 4.69) is 30.4 Å². The molecule has 1 aliphatic heterocycles. The fourth-order valence-electron chi connectivity index (χ4n) is 4.32. The van der Waals surface area contributed by atoms with Crippen molar-refractivity contribution < 1.29 is 0 Å². The van der Waals surface area contributed by atoms with E-state index in [1.165, 1.54) is 37.0 Å². The molecule has 0 fully saturated rings. The second-order valence-electron chi connectivity index (χ2n) is 8.39. The van der Waals surface area contributed by atoms with Gasteiger partial charge in [-0.25, -0.2) is 4.98 Å². The maximum absolute atomic E-state index is 6.56. The standard InChI is InChI=1S/C25H27ClN6S/c1-18-29-30-23-16-28-24(20-10-6-7-11-22(20)26)21-15-19(33-25(21)32(18)23)9-5-3-2-4-8-13-31-14-12-27-17-31/h6-7,10-12,14-15,17H,2-5,8-9,13,16H2,1H3. The highest BCUT2D eigenvalue weighted by molar-refractivity contribution is 7.15. The van der Waals surface area contributed by atoms with Gasteiger partial charge >= 0.3 is 0 Å². The first-order chi connectivity index (χ1) is 16.2. The minimum Gasteiger partial charge on any atom is -0.337 e. The maximum atomic E-state index is 6.56. The normalized spacial score (nSPS) is 12.8. The van der Waals surface area contributed by atoms with Crippen molar-refractivity contribution in [1.82, 2.24) is 24.3 Å². The number of rotatable bonds is 9. The lowest BCUT2D eigenvalue weighted by Gasteiger charge is -2.08. The fourth-order valence-corrected chi connectivity index (χ4v) is 5.82. The van der Waals surface area contributed by atoms with Crippen LogP contribution in [0.2, 0.25) is 5.02 Å². The molecule has 0 amide bonds. The summed E-state index contributed by atoms with van der Waals surface area (Å²) in [6.45, 7) is 3.56. The van der Waals surface area contributed by atoms with Crippen LogP contribution in [0.3, 0.4) is 0 Å². The van der Waals surface area contributed by atoms with Crippen LogP contribution >= 0.6 is 22.9 Å². The van der Waals surface area contributed by atoms with Gasteiger partial charge in [0.15, 0.2) is 5.82 Å². The number of aliphatic imine (C=N–C) groups is 1. The molecule has 0 unspecified atom stereocenters. The molecule has 33 heavy (non-hydrogen) atoms. The number of imidazole rings is 1. The fraction of sp³-hybridized carbons (Fsp3) is 0.360. The number of hydrogen-bond donors (Lipinski definition) is 0. The van der Waals surface area contributed by atoms with E-state index in [4.69, 9.17) is 16.6 Å². The summed E-state index contributed by atoms with van der Waals surface area (Å²) in [4.78, 5) is 10.4. The monoisotopic (exact) mass is 478 g/mol. The zero-order chi connectivity index (χ0) is 22.6. The minimum absolute atomic E-state index is 0.497. The lowest BCUT2D eigenvalue weighted by atomic mass is 10.0. The molecule has 0 spiro atoms. The molecule has 1 aromatic carbocycles. The Balaban J connectivity index is 1.29. The van der Waals surface area contributed by atoms with Gasteiger partial charge in [0.1, 0.15) is 17.4 Å². The van der Waals surface area contributed by atoms with Gasteiger partial charge in [0, 0.05) is 40.0 Å². The molecule has 6 nitrogen and oxygen atoms in total. The van der Waals surface area contributed by atoms with Gasteiger partial charge < -0.3 is 4.57 Å². The number of thiophene rings is 1. The first kappa shape index (κ1) is 22.0. The number of hydrogen-bond acceptors (Lipinski definition) is 5. The van der Waals surface area contributed by atoms with Crippen LogP contribution in [0.25, 0.3) is 5.00 Å². The summed E-state index contributed by atoms with van der Waals surface area (Å²) < 4.78 is 4.31. The number of benzene rings is 1. The summed E-state index contributed by atoms with van der Waals surface area (Å²) in [7, 11) is 0. The largest absolute Gasteiger partial charge is 0.337 e. The SMILES string of the molecule is Cc1nnc2n1-c1sc(CCCCCCCn3ccnc3)cc1C(c1ccccc1Cl)=NC2. The molecule has 3 aromatic heterocycles. The Labute approximate surface area is 203 Å². The zero-order valence-corrected chi connectivity index (χ0v) is 20.3. The number of nitrogens with zero attached hydrogens (tertiary/aromatic N) is 6. The van der Waals surface area contributed by atoms with Gasteiger partial charge in [0.25, 0.3) is 0 Å². The van der Waals surface area contributed by atoms with Crippen molar-refractivity contribution >= 4 is 28.6 Å². The van der Waals surface area contributed by atoms with E-state index >= 15 is 0 Å². The topological polar surface area (TPSA) is 60.9 Å². The smallest absolute Gasteiger partial charge is 0.160 e. The predicted octanol–water partition coefficient (Wildman–Crippen LogP) is 6.03. The average molecular weight is 479 g/mol. The first-order valence-corrected chi connectivity index (χ1v) is 12.7. The molecule has 0 radical (unpaired) electrons. The Hall–Kier alpha value is -2.77. The molecule has 4 aromatic rings. The van der Waals surface area contributed by atoms with Crippen LogP contribution in [0, 0.1) is 6.92 Å². The van der Waals surface area contributed by atoms with Crippen molar-refractivity contribution in [3.05, 3.63) is 81.7 Å². The molecule has 5 rings (SSSR count). The van der Waals surface area contributed by atoms with Crippen LogP contribution in [-0.2, 0) is 19.5 Å². The molecule has 1 aliphatic rings. The van der Waals surface area contributed by atoms with E-state index in [-0.39, 0.29) is 0 Å². The Morgan fingerprint density at radius 1 is 1.03 bits per heavy atom. The van der Waals surface area contributed by atoms with Crippen molar-refractivity contribution in [2.75, 3.05) is 0 Å². The molecule has 0 saturated heterocycles. The number of aryl methyl sites for hydroxylation is 3. The number of unbranched alkanes of at least 4 members (excludes halogenated alkanes) is 4. The van der Waals surface area contributed by atoms with Crippen LogP contribution in [0.5, 0.6) is 0 Å². The highest BCUT2D eigenvalue weighted by atomic mass is 35.5. The first-order valence-electron chi connectivity index (χ1n) is 11.5. The van der Waals surface area contributed by atoms with Gasteiger partial charge in [-0.05, 0) is 38.3 Å². The minimum atomic E-state index is 0.497. The molecular weight excluding hydrogens is 452 g/mol. The van der Waals surface area contributed by atoms with Crippen molar-refractivity contribution in [3.63, 3.8) is 0 Å². The number of fused-ring (bicyclic) bond motifs is 3. The van der Waals surface area contributed by atoms with E-state index < -0.39 is 0 Å². The second kappa shape index (κ2) is 10.0. The van der Waals surface area contributed by atoms with Gasteiger partial charge in [-0.3, -0.25) is 9.56 Å². The van der Waals surface area contributed by atoms with Crippen LogP contribution < -0.4 is 0 Å². The Kier molecular flexibility index (Phi) is 6.69. The molecular formula is C25H27ClN6S. The summed E-state index contributed by atoms with van der Waals surface area (Å²) in [5.41, 5.74) is 3.05. The third-order valence-corrected chi connectivity index (χ3v) is 7.53. The molecule has 0 saturated carbocycles. The zero-order valence-electron chi connectivity index (χ0n) is 18.7. The summed E-state index contributed by atoms with van der Waals surface area (Å²) >= 11 is 8.39. The van der Waals surface area contributed by atoms with E-state index in [9.17, 15) is 0 Å². The van der Waals surface area contributed by atoms with Crippen LogP contribution in [0.4, 0.5) is 0 Å². The Morgan fingerprint density at radius 2 is 1.88 bits per heavy atom. The third-order valence-electron chi connectivity index (χ3n) is 6.02. The molecule has 0 bridgehead atoms. The van der Waals surface area contributed by atoms with Gasteiger partial charge in [-0.2, -0.15) is 0 Å². The summed E-state index contributed by atoms with van der Waals surface area (Å²) in [6, 6.07) is 10.2. The van der Waals surface area contributed by atoms with E-state index in [1.807, 2.05) is 61.2 Å². The Bertz CT molecular complexity index is 1250. The van der Waals surface area contributed by atoms with Crippen LogP contribution in [0.1, 0.15) is 59.8 Å². The van der Waals surface area contributed by atoms with Crippen LogP contribution in [-0.4, -0.2) is 30.0 Å². The lowest BCUT2D eigenvalue weighted by molar-refractivity contribution is 0.561. The van der Waals surface area contributed by atoms with Crippen LogP contribution in [0.15, 0.2) is 54.0 Å². The average Bonchev–Trinajstić information content (AvgIpc) is 3.54.